The first kappa shape index (κ1) is 22.3. The number of hydrogen-bond donors (Lipinski definition) is 1. The van der Waals surface area contributed by atoms with Crippen molar-refractivity contribution >= 4 is 23.2 Å². The van der Waals surface area contributed by atoms with Crippen molar-refractivity contribution in [2.75, 3.05) is 26.4 Å². The third-order valence-electron chi connectivity index (χ3n) is 5.26. The van der Waals surface area contributed by atoms with Crippen LogP contribution in [0.2, 0.25) is 0 Å². The Hall–Kier alpha value is -2.39. The minimum Gasteiger partial charge on any atom is -0.369 e. The minimum absolute atomic E-state index is 0.0848. The number of ether oxygens (including phenoxy) is 1. The van der Waals surface area contributed by atoms with Gasteiger partial charge in [0.1, 0.15) is 18.3 Å². The van der Waals surface area contributed by atoms with E-state index in [-0.39, 0.29) is 37.0 Å². The summed E-state index contributed by atoms with van der Waals surface area (Å²) < 4.78 is 17.2. The molecule has 9 heteroatoms. The Morgan fingerprint density at radius 1 is 1.40 bits per heavy atom. The highest BCUT2D eigenvalue weighted by Crippen LogP contribution is 2.25. The Morgan fingerprint density at radius 2 is 2.23 bits per heavy atom. The predicted octanol–water partition coefficient (Wildman–Crippen LogP) is 2.74. The second-order valence-corrected chi connectivity index (χ2v) is 8.29. The number of alkyl halides is 1. The van der Waals surface area contributed by atoms with Gasteiger partial charge in [-0.15, -0.1) is 11.3 Å². The normalized spacial score (nSPS) is 19.0. The number of carbonyl (C=O) groups excluding carboxylic acids is 2. The standard InChI is InChI=1S/C21H27FN4O3S/c1-14-5-6-16(10-23-14)18-13-30-19(25-18)11-24-21(28)17-4-3-8-26(15(17)2)20(27)12-29-9-7-22/h5-6,10,13,15,17H,3-4,7-9,11-12H2,1-2H3,(H,24,28). The van der Waals surface area contributed by atoms with Crippen molar-refractivity contribution in [3.63, 3.8) is 0 Å². The predicted molar refractivity (Wildman–Crippen MR) is 113 cm³/mol. The molecule has 2 aromatic rings. The van der Waals surface area contributed by atoms with Crippen LogP contribution >= 0.6 is 11.3 Å². The molecule has 1 aliphatic heterocycles. The molecule has 3 heterocycles. The van der Waals surface area contributed by atoms with Crippen LogP contribution in [0.1, 0.15) is 30.5 Å². The van der Waals surface area contributed by atoms with Crippen molar-refractivity contribution in [1.82, 2.24) is 20.2 Å². The maximum Gasteiger partial charge on any atom is 0.248 e. The lowest BCUT2D eigenvalue weighted by atomic mass is 9.89. The molecule has 30 heavy (non-hydrogen) atoms. The lowest BCUT2D eigenvalue weighted by Crippen LogP contribution is -2.52. The molecule has 0 spiro atoms. The van der Waals surface area contributed by atoms with Crippen LogP contribution in [0.5, 0.6) is 0 Å². The van der Waals surface area contributed by atoms with E-state index in [9.17, 15) is 14.0 Å². The van der Waals surface area contributed by atoms with Gasteiger partial charge in [-0.2, -0.15) is 0 Å². The summed E-state index contributed by atoms with van der Waals surface area (Å²) in [6.07, 6.45) is 3.26. The number of nitrogens with zero attached hydrogens (tertiary/aromatic N) is 3. The Morgan fingerprint density at radius 3 is 2.97 bits per heavy atom. The summed E-state index contributed by atoms with van der Waals surface area (Å²) in [5.41, 5.74) is 2.73. The number of rotatable bonds is 8. The smallest absolute Gasteiger partial charge is 0.248 e. The first-order valence-corrected chi connectivity index (χ1v) is 11.0. The molecule has 1 saturated heterocycles. The lowest BCUT2D eigenvalue weighted by molar-refractivity contribution is -0.143. The third-order valence-corrected chi connectivity index (χ3v) is 6.11. The number of thiazole rings is 1. The van der Waals surface area contributed by atoms with E-state index in [1.54, 1.807) is 11.1 Å². The number of likely N-dealkylation sites (tertiary alicyclic amines) is 1. The molecule has 2 aromatic heterocycles. The molecule has 162 valence electrons. The van der Waals surface area contributed by atoms with Crippen LogP contribution in [0.15, 0.2) is 23.7 Å². The number of halogens is 1. The Kier molecular flexibility index (Phi) is 7.87. The Balaban J connectivity index is 1.54. The van der Waals surface area contributed by atoms with E-state index >= 15 is 0 Å². The molecule has 1 fully saturated rings. The number of hydrogen-bond acceptors (Lipinski definition) is 6. The van der Waals surface area contributed by atoms with Crippen LogP contribution in [0.3, 0.4) is 0 Å². The van der Waals surface area contributed by atoms with Crippen molar-refractivity contribution in [3.8, 4) is 11.3 Å². The largest absolute Gasteiger partial charge is 0.369 e. The summed E-state index contributed by atoms with van der Waals surface area (Å²) in [4.78, 5) is 35.6. The number of aromatic nitrogens is 2. The average molecular weight is 435 g/mol. The Bertz CT molecular complexity index is 858. The summed E-state index contributed by atoms with van der Waals surface area (Å²) in [7, 11) is 0. The molecular formula is C21H27FN4O3S. The van der Waals surface area contributed by atoms with Gasteiger partial charge in [0, 0.05) is 35.4 Å². The molecule has 0 aliphatic carbocycles. The summed E-state index contributed by atoms with van der Waals surface area (Å²) in [6.45, 7) is 3.88. The minimum atomic E-state index is -0.618. The van der Waals surface area contributed by atoms with Gasteiger partial charge >= 0.3 is 0 Å². The van der Waals surface area contributed by atoms with Gasteiger partial charge in [-0.25, -0.2) is 9.37 Å². The van der Waals surface area contributed by atoms with Crippen LogP contribution in [0.25, 0.3) is 11.3 Å². The van der Waals surface area contributed by atoms with E-state index in [0.29, 0.717) is 13.1 Å². The van der Waals surface area contributed by atoms with Gasteiger partial charge in [0.05, 0.1) is 24.8 Å². The quantitative estimate of drug-likeness (QED) is 0.646. The number of amides is 2. The van der Waals surface area contributed by atoms with Gasteiger partial charge in [0.2, 0.25) is 11.8 Å². The topological polar surface area (TPSA) is 84.4 Å². The Labute approximate surface area is 179 Å². The van der Waals surface area contributed by atoms with Crippen LogP contribution in [-0.4, -0.2) is 59.2 Å². The van der Waals surface area contributed by atoms with Crippen molar-refractivity contribution in [3.05, 3.63) is 34.4 Å². The summed E-state index contributed by atoms with van der Waals surface area (Å²) in [6, 6.07) is 3.69. The van der Waals surface area contributed by atoms with E-state index < -0.39 is 6.67 Å². The van der Waals surface area contributed by atoms with Crippen LogP contribution in [0, 0.1) is 12.8 Å². The highest BCUT2D eigenvalue weighted by atomic mass is 32.1. The van der Waals surface area contributed by atoms with Crippen molar-refractivity contribution < 1.29 is 18.7 Å². The molecular weight excluding hydrogens is 407 g/mol. The maximum atomic E-state index is 12.8. The van der Waals surface area contributed by atoms with Gasteiger partial charge in [0.15, 0.2) is 0 Å². The van der Waals surface area contributed by atoms with E-state index in [1.165, 1.54) is 11.3 Å². The molecule has 2 atom stereocenters. The third kappa shape index (κ3) is 5.60. The van der Waals surface area contributed by atoms with Gasteiger partial charge < -0.3 is 15.0 Å². The summed E-state index contributed by atoms with van der Waals surface area (Å²) >= 11 is 1.49. The molecule has 0 radical (unpaired) electrons. The van der Waals surface area contributed by atoms with E-state index in [2.05, 4.69) is 15.3 Å². The zero-order valence-electron chi connectivity index (χ0n) is 17.3. The van der Waals surface area contributed by atoms with Gasteiger partial charge in [-0.1, -0.05) is 0 Å². The summed E-state index contributed by atoms with van der Waals surface area (Å²) in [5.74, 6) is -0.576. The molecule has 2 unspecified atom stereocenters. The monoisotopic (exact) mass is 434 g/mol. The summed E-state index contributed by atoms with van der Waals surface area (Å²) in [5, 5.41) is 5.73. The SMILES string of the molecule is Cc1ccc(-c2csc(CNC(=O)C3CCCN(C(=O)COCCF)C3C)n2)cn1. The fourth-order valence-corrected chi connectivity index (χ4v) is 4.32. The fourth-order valence-electron chi connectivity index (χ4n) is 3.58. The molecule has 3 rings (SSSR count). The lowest BCUT2D eigenvalue weighted by Gasteiger charge is -2.38. The highest BCUT2D eigenvalue weighted by Gasteiger charge is 2.35. The second-order valence-electron chi connectivity index (χ2n) is 7.35. The molecule has 7 nitrogen and oxygen atoms in total. The zero-order valence-corrected chi connectivity index (χ0v) is 18.1. The number of nitrogens with one attached hydrogen (secondary N) is 1. The molecule has 0 bridgehead atoms. The van der Waals surface area contributed by atoms with Gasteiger partial charge in [-0.05, 0) is 38.8 Å². The maximum absolute atomic E-state index is 12.8. The number of aryl methyl sites for hydroxylation is 1. The molecule has 0 saturated carbocycles. The average Bonchev–Trinajstić information content (AvgIpc) is 3.22. The van der Waals surface area contributed by atoms with Crippen LogP contribution < -0.4 is 5.32 Å². The fraction of sp³-hybridized carbons (Fsp3) is 0.524. The van der Waals surface area contributed by atoms with Gasteiger partial charge in [0.25, 0.3) is 0 Å². The molecule has 1 aliphatic rings. The number of pyridine rings is 1. The first-order chi connectivity index (χ1) is 14.5. The van der Waals surface area contributed by atoms with Crippen molar-refractivity contribution in [2.45, 2.75) is 39.3 Å². The van der Waals surface area contributed by atoms with E-state index in [1.807, 2.05) is 31.4 Å². The van der Waals surface area contributed by atoms with Crippen LogP contribution in [0.4, 0.5) is 4.39 Å². The van der Waals surface area contributed by atoms with Crippen molar-refractivity contribution in [2.24, 2.45) is 5.92 Å². The van der Waals surface area contributed by atoms with Crippen LogP contribution in [-0.2, 0) is 20.9 Å². The molecule has 1 N–H and O–H groups in total. The number of carbonyl (C=O) groups is 2. The van der Waals surface area contributed by atoms with Gasteiger partial charge in [-0.3, -0.25) is 14.6 Å². The van der Waals surface area contributed by atoms with E-state index in [4.69, 9.17) is 4.74 Å². The first-order valence-electron chi connectivity index (χ1n) is 10.1. The zero-order chi connectivity index (χ0) is 21.5. The molecule has 2 amide bonds. The van der Waals surface area contributed by atoms with E-state index in [0.717, 1.165) is 34.8 Å². The number of piperidine rings is 1. The molecule has 0 aromatic carbocycles. The second kappa shape index (κ2) is 10.6. The van der Waals surface area contributed by atoms with Crippen molar-refractivity contribution in [1.29, 1.82) is 0 Å². The highest BCUT2D eigenvalue weighted by molar-refractivity contribution is 7.09.